The average Bonchev–Trinajstić information content (AvgIpc) is 3.17. The summed E-state index contributed by atoms with van der Waals surface area (Å²) in [6, 6.07) is 7.56. The molecule has 3 aromatic rings. The molecule has 2 aromatic carbocycles. The number of aromatic nitrogens is 1. The summed E-state index contributed by atoms with van der Waals surface area (Å²) in [5.74, 6) is -1.49. The third-order valence-corrected chi connectivity index (χ3v) is 7.59. The molecule has 2 heterocycles. The quantitative estimate of drug-likeness (QED) is 0.187. The Morgan fingerprint density at radius 1 is 1.17 bits per heavy atom. The van der Waals surface area contributed by atoms with Crippen molar-refractivity contribution in [2.24, 2.45) is 0 Å². The van der Waals surface area contributed by atoms with Crippen molar-refractivity contribution in [2.75, 3.05) is 33.3 Å². The van der Waals surface area contributed by atoms with Crippen molar-refractivity contribution in [1.82, 2.24) is 13.8 Å². The Labute approximate surface area is 198 Å². The van der Waals surface area contributed by atoms with E-state index in [1.807, 2.05) is 0 Å². The molecule has 4 rings (SSSR count). The number of nitro benzene ring substituents is 1. The maximum atomic E-state index is 13.0. The molecule has 14 heteroatoms. The molecule has 0 unspecified atom stereocenters. The maximum absolute atomic E-state index is 13.0. The first-order valence-electron chi connectivity index (χ1n) is 10.3. The summed E-state index contributed by atoms with van der Waals surface area (Å²) in [6.45, 7) is 0.318. The van der Waals surface area contributed by atoms with Crippen molar-refractivity contribution in [3.05, 3.63) is 62.6 Å². The molecule has 1 saturated heterocycles. The van der Waals surface area contributed by atoms with E-state index in [0.29, 0.717) is 6.41 Å². The van der Waals surface area contributed by atoms with Gasteiger partial charge in [-0.1, -0.05) is 0 Å². The maximum Gasteiger partial charge on any atom is 0.420 e. The molecule has 0 saturated carbocycles. The number of nitro groups is 1. The Morgan fingerprint density at radius 2 is 1.89 bits per heavy atom. The number of amides is 1. The van der Waals surface area contributed by atoms with Gasteiger partial charge in [-0.3, -0.25) is 24.3 Å². The molecule has 0 aliphatic carbocycles. The van der Waals surface area contributed by atoms with Crippen LogP contribution in [-0.4, -0.2) is 72.6 Å². The summed E-state index contributed by atoms with van der Waals surface area (Å²) in [5, 5.41) is 11.2. The molecule has 0 spiro atoms. The molecular weight excluding hydrogens is 484 g/mol. The van der Waals surface area contributed by atoms with Gasteiger partial charge in [0.1, 0.15) is 0 Å². The summed E-state index contributed by atoms with van der Waals surface area (Å²) in [5.41, 5.74) is -0.244. The van der Waals surface area contributed by atoms with Crippen LogP contribution in [0.25, 0.3) is 11.1 Å². The van der Waals surface area contributed by atoms with Gasteiger partial charge in [-0.25, -0.2) is 13.2 Å². The lowest BCUT2D eigenvalue weighted by Gasteiger charge is -2.31. The van der Waals surface area contributed by atoms with Crippen LogP contribution >= 0.6 is 0 Å². The minimum atomic E-state index is -3.90. The normalized spacial score (nSPS) is 14.7. The number of carbonyl (C=O) groups is 2. The highest BCUT2D eigenvalue weighted by molar-refractivity contribution is 7.89. The highest BCUT2D eigenvalue weighted by atomic mass is 32.2. The smallest absolute Gasteiger partial charge is 0.420 e. The summed E-state index contributed by atoms with van der Waals surface area (Å²) in [6.07, 6.45) is 0.666. The molecule has 0 radical (unpaired) electrons. The third-order valence-electron chi connectivity index (χ3n) is 5.70. The van der Waals surface area contributed by atoms with Crippen LogP contribution < -0.4 is 10.5 Å². The van der Waals surface area contributed by atoms with Crippen LogP contribution in [-0.2, 0) is 21.4 Å². The highest BCUT2D eigenvalue weighted by Gasteiger charge is 2.29. The largest absolute Gasteiger partial charge is 0.490 e. The Morgan fingerprint density at radius 3 is 2.51 bits per heavy atom. The predicted molar refractivity (Wildman–Crippen MR) is 121 cm³/mol. The molecule has 13 nitrogen and oxygen atoms in total. The second kappa shape index (κ2) is 9.31. The topological polar surface area (TPSA) is 162 Å². The van der Waals surface area contributed by atoms with E-state index >= 15 is 0 Å². The minimum Gasteiger partial charge on any atom is -0.490 e. The Balaban J connectivity index is 1.61. The van der Waals surface area contributed by atoms with E-state index in [1.165, 1.54) is 46.6 Å². The number of nitrogens with zero attached hydrogens (tertiary/aromatic N) is 4. The summed E-state index contributed by atoms with van der Waals surface area (Å²) in [7, 11) is -2.63. The number of benzene rings is 2. The summed E-state index contributed by atoms with van der Waals surface area (Å²) < 4.78 is 38.4. The van der Waals surface area contributed by atoms with Crippen molar-refractivity contribution >= 4 is 39.0 Å². The first-order chi connectivity index (χ1) is 16.6. The number of hydrogen-bond donors (Lipinski definition) is 0. The lowest BCUT2D eigenvalue weighted by molar-refractivity contribution is -0.385. The van der Waals surface area contributed by atoms with Gasteiger partial charge in [0.25, 0.3) is 0 Å². The number of oxazole rings is 1. The number of fused-ring (bicyclic) bond motifs is 1. The van der Waals surface area contributed by atoms with Gasteiger partial charge >= 0.3 is 11.4 Å². The lowest BCUT2D eigenvalue weighted by atomic mass is 10.1. The van der Waals surface area contributed by atoms with Crippen molar-refractivity contribution < 1.29 is 32.1 Å². The van der Waals surface area contributed by atoms with Crippen LogP contribution in [0.15, 0.2) is 50.5 Å². The molecular formula is C21H20N4O9S. The van der Waals surface area contributed by atoms with Gasteiger partial charge in [0.05, 0.1) is 29.0 Å². The fraction of sp³-hybridized carbons (Fsp3) is 0.286. The van der Waals surface area contributed by atoms with Gasteiger partial charge in [-0.05, 0) is 24.3 Å². The number of carbonyl (C=O) groups excluding carboxylic acids is 2. The van der Waals surface area contributed by atoms with E-state index in [2.05, 4.69) is 0 Å². The molecule has 0 atom stereocenters. The zero-order valence-corrected chi connectivity index (χ0v) is 19.3. The third kappa shape index (κ3) is 4.52. The fourth-order valence-corrected chi connectivity index (χ4v) is 5.23. The van der Waals surface area contributed by atoms with Crippen LogP contribution in [0.4, 0.5) is 5.69 Å². The number of Topliss-reactive ketones (excluding diaryl/α,β-unsaturated/α-hetero) is 1. The van der Waals surface area contributed by atoms with Crippen LogP contribution in [0.5, 0.6) is 5.75 Å². The van der Waals surface area contributed by atoms with Crippen molar-refractivity contribution in [2.45, 2.75) is 11.4 Å². The highest BCUT2D eigenvalue weighted by Crippen LogP contribution is 2.28. The minimum absolute atomic E-state index is 0.00702. The first kappa shape index (κ1) is 24.1. The van der Waals surface area contributed by atoms with E-state index in [9.17, 15) is 32.9 Å². The molecule has 1 aromatic heterocycles. The summed E-state index contributed by atoms with van der Waals surface area (Å²) >= 11 is 0. The number of methoxy groups -OCH3 is 1. The van der Waals surface area contributed by atoms with Crippen LogP contribution in [0.2, 0.25) is 0 Å². The lowest BCUT2D eigenvalue weighted by Crippen LogP contribution is -2.47. The second-order valence-corrected chi connectivity index (χ2v) is 9.63. The average molecular weight is 504 g/mol. The van der Waals surface area contributed by atoms with Crippen molar-refractivity contribution in [3.63, 3.8) is 0 Å². The van der Waals surface area contributed by atoms with E-state index in [4.69, 9.17) is 9.15 Å². The molecule has 35 heavy (non-hydrogen) atoms. The number of ketones is 1. The SMILES string of the molecule is COc1ccc(C(=O)Cn2c(=O)oc3cc(S(=O)(=O)N4CCN(C=O)CC4)ccc32)cc1[N+](=O)[O-]. The number of piperazine rings is 1. The van der Waals surface area contributed by atoms with Gasteiger partial charge in [-0.15, -0.1) is 0 Å². The monoisotopic (exact) mass is 504 g/mol. The molecule has 1 aliphatic heterocycles. The Hall–Kier alpha value is -4.04. The first-order valence-corrected chi connectivity index (χ1v) is 11.8. The van der Waals surface area contributed by atoms with Crippen molar-refractivity contribution in [1.29, 1.82) is 0 Å². The molecule has 184 valence electrons. The zero-order chi connectivity index (χ0) is 25.3. The van der Waals surface area contributed by atoms with E-state index in [-0.39, 0.29) is 53.5 Å². The van der Waals surface area contributed by atoms with Crippen molar-refractivity contribution in [3.8, 4) is 5.75 Å². The standard InChI is InChI=1S/C21H20N4O9S/c1-33-19-5-2-14(10-17(19)25(29)30)18(27)12-24-16-4-3-15(11-20(16)34-21(24)28)35(31,32)23-8-6-22(13-26)7-9-23/h2-5,10-11,13H,6-9,12H2,1H3. The number of rotatable bonds is 8. The second-order valence-electron chi connectivity index (χ2n) is 7.70. The molecule has 1 fully saturated rings. The number of ether oxygens (including phenoxy) is 1. The Bertz CT molecular complexity index is 1480. The van der Waals surface area contributed by atoms with Gasteiger partial charge in [0.2, 0.25) is 16.4 Å². The van der Waals surface area contributed by atoms with E-state index < -0.39 is 38.7 Å². The molecule has 0 N–H and O–H groups in total. The summed E-state index contributed by atoms with van der Waals surface area (Å²) in [4.78, 5) is 48.0. The van der Waals surface area contributed by atoms with Gasteiger partial charge < -0.3 is 14.1 Å². The molecule has 1 aliphatic rings. The van der Waals surface area contributed by atoms with E-state index in [0.717, 1.165) is 10.6 Å². The molecule has 0 bridgehead atoms. The number of sulfonamides is 1. The van der Waals surface area contributed by atoms with Gasteiger partial charge in [-0.2, -0.15) is 4.31 Å². The van der Waals surface area contributed by atoms with Gasteiger partial charge in [0.15, 0.2) is 17.1 Å². The predicted octanol–water partition coefficient (Wildman–Crippen LogP) is 0.857. The molecule has 1 amide bonds. The van der Waals surface area contributed by atoms with Gasteiger partial charge in [0, 0.05) is 43.9 Å². The van der Waals surface area contributed by atoms with E-state index in [1.54, 1.807) is 0 Å². The zero-order valence-electron chi connectivity index (χ0n) is 18.4. The van der Waals surface area contributed by atoms with Crippen LogP contribution in [0.1, 0.15) is 10.4 Å². The number of hydrogen-bond acceptors (Lipinski definition) is 9. The van der Waals surface area contributed by atoms with Crippen LogP contribution in [0.3, 0.4) is 0 Å². The fourth-order valence-electron chi connectivity index (χ4n) is 3.80. The Kier molecular flexibility index (Phi) is 6.41. The van der Waals surface area contributed by atoms with Crippen LogP contribution in [0, 0.1) is 10.1 Å².